The lowest BCUT2D eigenvalue weighted by molar-refractivity contribution is -0.145. The number of nitrogens with one attached hydrogen (secondary N) is 2. The highest BCUT2D eigenvalue weighted by Crippen LogP contribution is 2.31. The number of morpholine rings is 1. The Morgan fingerprint density at radius 3 is 2.44 bits per heavy atom. The maximum absolute atomic E-state index is 12.5. The fourth-order valence-electron chi connectivity index (χ4n) is 4.51. The molecule has 0 unspecified atom stereocenters. The fraction of sp³-hybridized carbons (Fsp3) is 0.542. The largest absolute Gasteiger partial charge is 0.480 e. The van der Waals surface area contributed by atoms with E-state index in [1.165, 1.54) is 0 Å². The lowest BCUT2D eigenvalue weighted by Crippen LogP contribution is -2.52. The molecule has 34 heavy (non-hydrogen) atoms. The Bertz CT molecular complexity index is 1040. The normalized spacial score (nSPS) is 18.9. The SMILES string of the molecule is CC(C)C(=O)Nc1ccc2c([C@H](C(=O)O)N3CCN(CC(=O)N4CCOCC4)CC3)c[nH]c2c1. The van der Waals surface area contributed by atoms with Crippen molar-refractivity contribution in [3.63, 3.8) is 0 Å². The number of amides is 2. The standard InChI is InChI=1S/C24H33N5O5/c1-16(2)23(31)26-17-3-4-18-19(14-25-20(18)13-17)22(24(32)33)29-7-5-27(6-8-29)15-21(30)28-9-11-34-12-10-28/h3-4,13-14,16,22,25H,5-12,15H2,1-2H3,(H,26,31)(H,32,33)/t22-/m1/s1. The van der Waals surface area contributed by atoms with E-state index in [0.29, 0.717) is 70.3 Å². The number of hydrogen-bond donors (Lipinski definition) is 3. The molecule has 1 aromatic heterocycles. The maximum Gasteiger partial charge on any atom is 0.325 e. The molecule has 0 radical (unpaired) electrons. The van der Waals surface area contributed by atoms with Crippen molar-refractivity contribution in [1.82, 2.24) is 19.7 Å². The highest BCUT2D eigenvalue weighted by Gasteiger charge is 2.33. The molecule has 0 saturated carbocycles. The van der Waals surface area contributed by atoms with Gasteiger partial charge in [0.25, 0.3) is 0 Å². The third kappa shape index (κ3) is 5.40. The molecule has 184 valence electrons. The smallest absolute Gasteiger partial charge is 0.325 e. The van der Waals surface area contributed by atoms with Crippen LogP contribution < -0.4 is 5.32 Å². The minimum absolute atomic E-state index is 0.0699. The first-order valence-electron chi connectivity index (χ1n) is 11.8. The third-order valence-corrected chi connectivity index (χ3v) is 6.53. The second kappa shape index (κ2) is 10.5. The molecule has 0 bridgehead atoms. The van der Waals surface area contributed by atoms with E-state index in [4.69, 9.17) is 4.74 Å². The Hall–Kier alpha value is -2.95. The molecule has 4 rings (SSSR count). The van der Waals surface area contributed by atoms with Gasteiger partial charge in [0.2, 0.25) is 11.8 Å². The third-order valence-electron chi connectivity index (χ3n) is 6.53. The van der Waals surface area contributed by atoms with Crippen LogP contribution in [0.1, 0.15) is 25.5 Å². The van der Waals surface area contributed by atoms with Crippen molar-refractivity contribution in [2.45, 2.75) is 19.9 Å². The van der Waals surface area contributed by atoms with Gasteiger partial charge in [0.05, 0.1) is 19.8 Å². The molecule has 3 heterocycles. The van der Waals surface area contributed by atoms with E-state index < -0.39 is 12.0 Å². The average molecular weight is 472 g/mol. The zero-order valence-electron chi connectivity index (χ0n) is 19.7. The van der Waals surface area contributed by atoms with Crippen LogP contribution in [0.5, 0.6) is 0 Å². The molecule has 2 aliphatic heterocycles. The van der Waals surface area contributed by atoms with E-state index in [0.717, 1.165) is 10.9 Å². The highest BCUT2D eigenvalue weighted by atomic mass is 16.5. The number of carboxylic acids is 1. The second-order valence-electron chi connectivity index (χ2n) is 9.19. The minimum atomic E-state index is -0.907. The van der Waals surface area contributed by atoms with E-state index in [-0.39, 0.29) is 17.7 Å². The lowest BCUT2D eigenvalue weighted by Gasteiger charge is -2.38. The van der Waals surface area contributed by atoms with Gasteiger partial charge < -0.3 is 25.0 Å². The molecule has 3 N–H and O–H groups in total. The number of rotatable bonds is 7. The fourth-order valence-corrected chi connectivity index (χ4v) is 4.51. The number of hydrogen-bond acceptors (Lipinski definition) is 6. The van der Waals surface area contributed by atoms with Gasteiger partial charge in [-0.05, 0) is 12.1 Å². The number of aromatic amines is 1. The first-order valence-corrected chi connectivity index (χ1v) is 11.8. The second-order valence-corrected chi connectivity index (χ2v) is 9.19. The van der Waals surface area contributed by atoms with Crippen LogP contribution in [-0.4, -0.2) is 102 Å². The van der Waals surface area contributed by atoms with Gasteiger partial charge in [-0.15, -0.1) is 0 Å². The quantitative estimate of drug-likeness (QED) is 0.558. The Morgan fingerprint density at radius 1 is 1.09 bits per heavy atom. The molecule has 1 atom stereocenters. The topological polar surface area (TPSA) is 118 Å². The number of fused-ring (bicyclic) bond motifs is 1. The molecular formula is C24H33N5O5. The zero-order valence-corrected chi connectivity index (χ0v) is 19.7. The highest BCUT2D eigenvalue weighted by molar-refractivity contribution is 5.96. The molecule has 2 aromatic rings. The zero-order chi connectivity index (χ0) is 24.2. The summed E-state index contributed by atoms with van der Waals surface area (Å²) in [5.41, 5.74) is 2.14. The van der Waals surface area contributed by atoms with Gasteiger partial charge >= 0.3 is 5.97 Å². The molecule has 2 saturated heterocycles. The van der Waals surface area contributed by atoms with Crippen molar-refractivity contribution in [1.29, 1.82) is 0 Å². The maximum atomic E-state index is 12.5. The van der Waals surface area contributed by atoms with Crippen molar-refractivity contribution >= 4 is 34.4 Å². The van der Waals surface area contributed by atoms with Gasteiger partial charge in [0.15, 0.2) is 0 Å². The predicted octanol–water partition coefficient (Wildman–Crippen LogP) is 1.36. The van der Waals surface area contributed by atoms with Crippen LogP contribution in [-0.2, 0) is 19.1 Å². The summed E-state index contributed by atoms with van der Waals surface area (Å²) in [5.74, 6) is -1.01. The van der Waals surface area contributed by atoms with Gasteiger partial charge in [0, 0.05) is 73.5 Å². The van der Waals surface area contributed by atoms with Gasteiger partial charge in [-0.3, -0.25) is 24.2 Å². The number of nitrogens with zero attached hydrogens (tertiary/aromatic N) is 3. The molecule has 2 fully saturated rings. The van der Waals surface area contributed by atoms with Gasteiger partial charge in [-0.2, -0.15) is 0 Å². The summed E-state index contributed by atoms with van der Waals surface area (Å²) in [7, 11) is 0. The Kier molecular flexibility index (Phi) is 7.50. The Morgan fingerprint density at radius 2 is 1.79 bits per heavy atom. The molecule has 1 aromatic carbocycles. The predicted molar refractivity (Wildman–Crippen MR) is 128 cm³/mol. The summed E-state index contributed by atoms with van der Waals surface area (Å²) in [6, 6.07) is 4.69. The van der Waals surface area contributed by atoms with Gasteiger partial charge in [0.1, 0.15) is 6.04 Å². The number of aromatic nitrogens is 1. The van der Waals surface area contributed by atoms with Gasteiger partial charge in [-0.1, -0.05) is 19.9 Å². The number of piperazine rings is 1. The number of carbonyl (C=O) groups is 3. The molecule has 0 spiro atoms. The molecule has 0 aliphatic carbocycles. The average Bonchev–Trinajstić information content (AvgIpc) is 3.23. The van der Waals surface area contributed by atoms with Crippen LogP contribution in [0.15, 0.2) is 24.4 Å². The van der Waals surface area contributed by atoms with Gasteiger partial charge in [-0.25, -0.2) is 0 Å². The van der Waals surface area contributed by atoms with E-state index in [2.05, 4.69) is 15.2 Å². The summed E-state index contributed by atoms with van der Waals surface area (Å²) in [6.07, 6.45) is 1.74. The molecule has 10 heteroatoms. The van der Waals surface area contributed by atoms with Crippen LogP contribution in [0.3, 0.4) is 0 Å². The number of aliphatic carboxylic acids is 1. The van der Waals surface area contributed by atoms with Crippen LogP contribution in [0, 0.1) is 5.92 Å². The van der Waals surface area contributed by atoms with Crippen LogP contribution in [0.4, 0.5) is 5.69 Å². The lowest BCUT2D eigenvalue weighted by atomic mass is 10.0. The number of benzene rings is 1. The first-order chi connectivity index (χ1) is 16.3. The minimum Gasteiger partial charge on any atom is -0.480 e. The van der Waals surface area contributed by atoms with Crippen LogP contribution >= 0.6 is 0 Å². The number of carbonyl (C=O) groups excluding carboxylic acids is 2. The summed E-state index contributed by atoms with van der Waals surface area (Å²) in [6.45, 7) is 8.81. The number of H-pyrrole nitrogens is 1. The summed E-state index contributed by atoms with van der Waals surface area (Å²) in [4.78, 5) is 45.9. The van der Waals surface area contributed by atoms with Crippen molar-refractivity contribution in [2.75, 3.05) is 64.3 Å². The Labute approximate surface area is 198 Å². The summed E-state index contributed by atoms with van der Waals surface area (Å²) < 4.78 is 5.31. The van der Waals surface area contributed by atoms with Crippen molar-refractivity contribution in [3.05, 3.63) is 30.0 Å². The molecule has 2 aliphatic rings. The van der Waals surface area contributed by atoms with Crippen molar-refractivity contribution < 1.29 is 24.2 Å². The monoisotopic (exact) mass is 471 g/mol. The first kappa shape index (κ1) is 24.2. The number of ether oxygens (including phenoxy) is 1. The molecular weight excluding hydrogens is 438 g/mol. The van der Waals surface area contributed by atoms with Crippen LogP contribution in [0.2, 0.25) is 0 Å². The van der Waals surface area contributed by atoms with Crippen LogP contribution in [0.25, 0.3) is 10.9 Å². The summed E-state index contributed by atoms with van der Waals surface area (Å²) >= 11 is 0. The van der Waals surface area contributed by atoms with E-state index in [1.807, 2.05) is 35.8 Å². The van der Waals surface area contributed by atoms with Crippen molar-refractivity contribution in [3.8, 4) is 0 Å². The van der Waals surface area contributed by atoms with Crippen molar-refractivity contribution in [2.24, 2.45) is 5.92 Å². The summed E-state index contributed by atoms with van der Waals surface area (Å²) in [5, 5.41) is 13.8. The Balaban J connectivity index is 1.42. The molecule has 2 amide bonds. The molecule has 10 nitrogen and oxygen atoms in total. The van der Waals surface area contributed by atoms with E-state index in [9.17, 15) is 19.5 Å². The number of carboxylic acid groups (broad SMARTS) is 1. The number of anilines is 1. The van der Waals surface area contributed by atoms with E-state index in [1.54, 1.807) is 12.3 Å². The van der Waals surface area contributed by atoms with E-state index >= 15 is 0 Å².